The summed E-state index contributed by atoms with van der Waals surface area (Å²) in [6.45, 7) is 15.5. The molecular formula is C40H49N5O4. The van der Waals surface area contributed by atoms with Crippen molar-refractivity contribution in [2.75, 3.05) is 20.2 Å². The number of rotatable bonds is 9. The van der Waals surface area contributed by atoms with Crippen LogP contribution in [0.1, 0.15) is 71.3 Å². The van der Waals surface area contributed by atoms with E-state index in [2.05, 4.69) is 91.1 Å². The fourth-order valence-corrected chi connectivity index (χ4v) is 7.27. The summed E-state index contributed by atoms with van der Waals surface area (Å²) in [7, 11) is 1.29. The van der Waals surface area contributed by atoms with Gasteiger partial charge in [0, 0.05) is 25.0 Å². The summed E-state index contributed by atoms with van der Waals surface area (Å²) in [5.74, 6) is 1.07. The molecule has 2 aliphatic heterocycles. The quantitative estimate of drug-likeness (QED) is 0.181. The van der Waals surface area contributed by atoms with Crippen LogP contribution in [0.4, 0.5) is 4.79 Å². The number of ether oxygens (including phenoxy) is 1. The number of carbonyl (C=O) groups excluding carboxylic acids is 3. The molecule has 0 saturated carbocycles. The number of amides is 3. The molecule has 3 aromatic carbocycles. The number of methoxy groups -OCH3 is 1. The second kappa shape index (κ2) is 14.1. The van der Waals surface area contributed by atoms with E-state index in [1.165, 1.54) is 18.1 Å². The van der Waals surface area contributed by atoms with Crippen LogP contribution in [0.3, 0.4) is 0 Å². The molecule has 0 bridgehead atoms. The van der Waals surface area contributed by atoms with Gasteiger partial charge in [0.25, 0.3) is 0 Å². The molecular weight excluding hydrogens is 614 g/mol. The summed E-state index contributed by atoms with van der Waals surface area (Å²) in [4.78, 5) is 51.1. The molecule has 4 atom stereocenters. The average Bonchev–Trinajstić information content (AvgIpc) is 3.83. The molecule has 0 radical (unpaired) electrons. The molecule has 0 spiro atoms. The highest BCUT2D eigenvalue weighted by molar-refractivity contribution is 5.90. The van der Waals surface area contributed by atoms with Crippen LogP contribution in [-0.4, -0.2) is 70.0 Å². The van der Waals surface area contributed by atoms with Crippen molar-refractivity contribution in [3.8, 4) is 11.1 Å². The van der Waals surface area contributed by atoms with Crippen molar-refractivity contribution in [1.29, 1.82) is 0 Å². The van der Waals surface area contributed by atoms with Gasteiger partial charge in [-0.2, -0.15) is 0 Å². The van der Waals surface area contributed by atoms with Crippen LogP contribution in [-0.2, 0) is 20.7 Å². The van der Waals surface area contributed by atoms with Crippen molar-refractivity contribution in [3.05, 3.63) is 78.1 Å². The molecule has 9 heteroatoms. The number of likely N-dealkylation sites (tertiary alicyclic amines) is 2. The number of alkyl carbamates (subject to hydrolysis) is 1. The van der Waals surface area contributed by atoms with Crippen LogP contribution in [0, 0.1) is 17.8 Å². The summed E-state index contributed by atoms with van der Waals surface area (Å²) < 4.78 is 4.77. The van der Waals surface area contributed by atoms with Gasteiger partial charge in [-0.1, -0.05) is 83.2 Å². The third kappa shape index (κ3) is 7.07. The van der Waals surface area contributed by atoms with Crippen LogP contribution in [0.15, 0.2) is 66.7 Å². The van der Waals surface area contributed by atoms with Gasteiger partial charge >= 0.3 is 6.09 Å². The van der Waals surface area contributed by atoms with Gasteiger partial charge in [0.15, 0.2) is 0 Å². The number of hydrogen-bond donors (Lipinski definition) is 2. The maximum atomic E-state index is 13.7. The molecule has 1 aromatic heterocycles. The van der Waals surface area contributed by atoms with Crippen molar-refractivity contribution in [3.63, 3.8) is 0 Å². The minimum absolute atomic E-state index is 0.0452. The molecule has 4 aromatic rings. The van der Waals surface area contributed by atoms with E-state index in [1.807, 2.05) is 19.9 Å². The molecule has 9 nitrogen and oxygen atoms in total. The lowest BCUT2D eigenvalue weighted by molar-refractivity contribution is -0.137. The SMILES string of the molecule is C=C1C[C@@H](c2nc3cc(-c4ccc5cc(C[C@@H]6CCCN6C(=O)[C@@H](C)C(C)C)ccc5c4)ccc3[nH]2)N(C(=O)[C@@H](NC(=O)OC)C(C)C)C1. The molecule has 0 aliphatic carbocycles. The fraction of sp³-hybridized carbons (Fsp3) is 0.450. The van der Waals surface area contributed by atoms with Crippen molar-refractivity contribution < 1.29 is 19.1 Å². The van der Waals surface area contributed by atoms with Gasteiger partial charge in [-0.15, -0.1) is 0 Å². The van der Waals surface area contributed by atoms with E-state index in [4.69, 9.17) is 9.72 Å². The Kier molecular flexibility index (Phi) is 9.82. The van der Waals surface area contributed by atoms with E-state index in [-0.39, 0.29) is 35.7 Å². The fourth-order valence-electron chi connectivity index (χ4n) is 7.27. The molecule has 0 unspecified atom stereocenters. The topological polar surface area (TPSA) is 108 Å². The average molecular weight is 664 g/mol. The number of H-pyrrole nitrogens is 1. The standard InChI is InChI=1S/C40H49N5O4/c1-23(2)26(6)38(46)44-16-8-9-32(44)19-27-10-11-29-20-30(13-12-28(29)18-27)31-14-15-33-34(21-31)42-37(41-33)35-17-25(5)22-45(35)39(47)36(24(3)4)43-40(48)49-7/h10-15,18,20-21,23-24,26,32,35-36H,5,8-9,16-17,19,22H2,1-4,6-7H3,(H,41,42)(H,43,48)/t26-,32-,35-,36-/m0/s1. The molecule has 49 heavy (non-hydrogen) atoms. The highest BCUT2D eigenvalue weighted by Gasteiger charge is 2.39. The number of imidazole rings is 1. The zero-order chi connectivity index (χ0) is 35.0. The number of aromatic nitrogens is 2. The molecule has 2 N–H and O–H groups in total. The Labute approximate surface area is 289 Å². The second-order valence-corrected chi connectivity index (χ2v) is 14.6. The first-order valence-corrected chi connectivity index (χ1v) is 17.6. The van der Waals surface area contributed by atoms with Gasteiger partial charge in [-0.05, 0) is 83.2 Å². The van der Waals surface area contributed by atoms with Crippen LogP contribution in [0.5, 0.6) is 0 Å². The van der Waals surface area contributed by atoms with Crippen molar-refractivity contribution in [1.82, 2.24) is 25.1 Å². The number of aromatic amines is 1. The molecule has 2 saturated heterocycles. The van der Waals surface area contributed by atoms with Crippen LogP contribution in [0.2, 0.25) is 0 Å². The largest absolute Gasteiger partial charge is 0.453 e. The lowest BCUT2D eigenvalue weighted by Gasteiger charge is -2.29. The van der Waals surface area contributed by atoms with Gasteiger partial charge in [0.2, 0.25) is 11.8 Å². The van der Waals surface area contributed by atoms with Crippen molar-refractivity contribution in [2.24, 2.45) is 17.8 Å². The number of hydrogen-bond acceptors (Lipinski definition) is 5. The van der Waals surface area contributed by atoms with Gasteiger partial charge < -0.3 is 24.8 Å². The summed E-state index contributed by atoms with van der Waals surface area (Å²) in [6, 6.07) is 18.6. The zero-order valence-corrected chi connectivity index (χ0v) is 29.6. The molecule has 2 aliphatic rings. The number of fused-ring (bicyclic) bond motifs is 2. The first-order valence-electron chi connectivity index (χ1n) is 17.6. The normalized spacial score (nSPS) is 19.3. The molecule has 258 valence electrons. The Balaban J connectivity index is 1.20. The Hall–Kier alpha value is -4.66. The monoisotopic (exact) mass is 663 g/mol. The van der Waals surface area contributed by atoms with E-state index in [9.17, 15) is 14.4 Å². The minimum atomic E-state index is -0.721. The predicted molar refractivity (Wildman–Crippen MR) is 194 cm³/mol. The van der Waals surface area contributed by atoms with E-state index in [0.29, 0.717) is 24.7 Å². The van der Waals surface area contributed by atoms with Crippen LogP contribution >= 0.6 is 0 Å². The number of nitrogens with zero attached hydrogens (tertiary/aromatic N) is 3. The molecule has 3 amide bonds. The van der Waals surface area contributed by atoms with Crippen LogP contribution < -0.4 is 5.32 Å². The van der Waals surface area contributed by atoms with Gasteiger partial charge in [0.1, 0.15) is 11.9 Å². The van der Waals surface area contributed by atoms with Crippen molar-refractivity contribution >= 4 is 39.7 Å². The maximum absolute atomic E-state index is 13.7. The zero-order valence-electron chi connectivity index (χ0n) is 29.6. The highest BCUT2D eigenvalue weighted by atomic mass is 16.5. The van der Waals surface area contributed by atoms with Gasteiger partial charge in [0.05, 0.1) is 24.2 Å². The second-order valence-electron chi connectivity index (χ2n) is 14.6. The summed E-state index contributed by atoms with van der Waals surface area (Å²) in [6.07, 6.45) is 2.97. The van der Waals surface area contributed by atoms with E-state index in [0.717, 1.165) is 58.9 Å². The molecule has 2 fully saturated rings. The lowest BCUT2D eigenvalue weighted by atomic mass is 9.95. The Morgan fingerprint density at radius 2 is 1.65 bits per heavy atom. The third-order valence-electron chi connectivity index (χ3n) is 10.5. The first-order chi connectivity index (χ1) is 23.4. The number of carbonyl (C=O) groups is 3. The van der Waals surface area contributed by atoms with E-state index >= 15 is 0 Å². The summed E-state index contributed by atoms with van der Waals surface area (Å²) in [5.41, 5.74) is 6.07. The smallest absolute Gasteiger partial charge is 0.407 e. The van der Waals surface area contributed by atoms with Gasteiger partial charge in [-0.3, -0.25) is 9.59 Å². The van der Waals surface area contributed by atoms with E-state index in [1.54, 1.807) is 4.90 Å². The summed E-state index contributed by atoms with van der Waals surface area (Å²) in [5, 5.41) is 5.05. The lowest BCUT2D eigenvalue weighted by Crippen LogP contribution is -2.51. The van der Waals surface area contributed by atoms with Crippen molar-refractivity contribution in [2.45, 2.75) is 78.4 Å². The van der Waals surface area contributed by atoms with Gasteiger partial charge in [-0.25, -0.2) is 9.78 Å². The Morgan fingerprint density at radius 3 is 2.39 bits per heavy atom. The number of nitrogens with one attached hydrogen (secondary N) is 2. The predicted octanol–water partition coefficient (Wildman–Crippen LogP) is 7.42. The Morgan fingerprint density at radius 1 is 0.939 bits per heavy atom. The van der Waals surface area contributed by atoms with Crippen LogP contribution in [0.25, 0.3) is 32.9 Å². The molecule has 3 heterocycles. The third-order valence-corrected chi connectivity index (χ3v) is 10.5. The molecule has 6 rings (SSSR count). The maximum Gasteiger partial charge on any atom is 0.407 e. The first kappa shape index (κ1) is 34.2. The highest BCUT2D eigenvalue weighted by Crippen LogP contribution is 2.36. The van der Waals surface area contributed by atoms with E-state index < -0.39 is 12.1 Å². The summed E-state index contributed by atoms with van der Waals surface area (Å²) >= 11 is 0. The minimum Gasteiger partial charge on any atom is -0.453 e. The number of benzene rings is 3. The Bertz CT molecular complexity index is 1890.